The van der Waals surface area contributed by atoms with Crippen LogP contribution in [0.5, 0.6) is 0 Å². The Bertz CT molecular complexity index is 632. The molecule has 0 spiro atoms. The van der Waals surface area contributed by atoms with Gasteiger partial charge in [-0.15, -0.1) is 0 Å². The number of carbonyl (C=O) groups is 1. The summed E-state index contributed by atoms with van der Waals surface area (Å²) < 4.78 is 1.71. The van der Waals surface area contributed by atoms with Crippen molar-refractivity contribution in [1.29, 1.82) is 0 Å². The highest BCUT2D eigenvalue weighted by molar-refractivity contribution is 6.33. The summed E-state index contributed by atoms with van der Waals surface area (Å²) >= 11 is 6.05. The number of urea groups is 1. The Balaban J connectivity index is 2.18. The molecule has 0 radical (unpaired) electrons. The van der Waals surface area contributed by atoms with E-state index >= 15 is 0 Å². The van der Waals surface area contributed by atoms with Crippen molar-refractivity contribution < 1.29 is 4.79 Å². The Morgan fingerprint density at radius 2 is 2.16 bits per heavy atom. The molecular formula is C12H14ClN5O. The summed E-state index contributed by atoms with van der Waals surface area (Å²) in [6.45, 7) is 0. The molecule has 2 amide bonds. The highest BCUT2D eigenvalue weighted by Crippen LogP contribution is 2.38. The van der Waals surface area contributed by atoms with Crippen molar-refractivity contribution >= 4 is 29.0 Å². The normalized spacial score (nSPS) is 16.1. The summed E-state index contributed by atoms with van der Waals surface area (Å²) in [6, 6.07) is -0.598. The molecule has 0 aliphatic heterocycles. The quantitative estimate of drug-likeness (QED) is 0.886. The zero-order valence-electron chi connectivity index (χ0n) is 10.3. The molecule has 6 nitrogen and oxygen atoms in total. The maximum Gasteiger partial charge on any atom is 0.316 e. The first-order valence-electron chi connectivity index (χ1n) is 6.25. The van der Waals surface area contributed by atoms with Gasteiger partial charge in [-0.2, -0.15) is 5.10 Å². The van der Waals surface area contributed by atoms with Crippen molar-refractivity contribution in [1.82, 2.24) is 14.6 Å². The summed E-state index contributed by atoms with van der Waals surface area (Å²) in [5, 5.41) is 7.39. The third-order valence-corrected chi connectivity index (χ3v) is 3.79. The van der Waals surface area contributed by atoms with Crippen molar-refractivity contribution in [2.45, 2.75) is 31.6 Å². The van der Waals surface area contributed by atoms with Gasteiger partial charge < -0.3 is 11.1 Å². The van der Waals surface area contributed by atoms with E-state index in [-0.39, 0.29) is 0 Å². The third kappa shape index (κ3) is 2.12. The molecule has 19 heavy (non-hydrogen) atoms. The molecule has 1 aliphatic carbocycles. The number of fused-ring (bicyclic) bond motifs is 1. The fourth-order valence-electron chi connectivity index (χ4n) is 2.74. The van der Waals surface area contributed by atoms with Crippen molar-refractivity contribution in [2.24, 2.45) is 5.73 Å². The van der Waals surface area contributed by atoms with E-state index in [1.807, 2.05) is 0 Å². The molecule has 1 fully saturated rings. The minimum atomic E-state index is -0.598. The molecule has 3 rings (SSSR count). The highest BCUT2D eigenvalue weighted by Gasteiger charge is 2.25. The summed E-state index contributed by atoms with van der Waals surface area (Å²) in [6.07, 6.45) is 7.67. The lowest BCUT2D eigenvalue weighted by Crippen LogP contribution is -2.22. The predicted molar refractivity (Wildman–Crippen MR) is 72.4 cm³/mol. The van der Waals surface area contributed by atoms with Crippen molar-refractivity contribution in [3.05, 3.63) is 23.1 Å². The van der Waals surface area contributed by atoms with Gasteiger partial charge in [-0.1, -0.05) is 24.4 Å². The van der Waals surface area contributed by atoms with Gasteiger partial charge in [0.05, 0.1) is 23.8 Å². The monoisotopic (exact) mass is 279 g/mol. The van der Waals surface area contributed by atoms with Crippen LogP contribution in [0, 0.1) is 0 Å². The van der Waals surface area contributed by atoms with Gasteiger partial charge in [-0.05, 0) is 12.8 Å². The van der Waals surface area contributed by atoms with Crippen molar-refractivity contribution in [2.75, 3.05) is 5.32 Å². The molecule has 0 unspecified atom stereocenters. The number of nitrogens with two attached hydrogens (primary N) is 1. The molecule has 1 aliphatic rings. The summed E-state index contributed by atoms with van der Waals surface area (Å²) in [5.41, 5.74) is 7.37. The number of hydrogen-bond acceptors (Lipinski definition) is 3. The molecule has 2 aromatic heterocycles. The Hall–Kier alpha value is -1.82. The van der Waals surface area contributed by atoms with Gasteiger partial charge >= 0.3 is 6.03 Å². The van der Waals surface area contributed by atoms with Gasteiger partial charge in [0.1, 0.15) is 5.02 Å². The SMILES string of the molecule is NC(=O)Nc1cnc2c(Cl)cnn2c1C1CCCC1. The summed E-state index contributed by atoms with van der Waals surface area (Å²) in [5.74, 6) is 0.350. The molecule has 0 atom stereocenters. The van der Waals surface area contributed by atoms with Gasteiger partial charge in [0.2, 0.25) is 0 Å². The third-order valence-electron chi connectivity index (χ3n) is 3.52. The first-order chi connectivity index (χ1) is 9.16. The molecule has 0 bridgehead atoms. The van der Waals surface area contributed by atoms with Crippen LogP contribution in [0.4, 0.5) is 10.5 Å². The van der Waals surface area contributed by atoms with E-state index in [1.165, 1.54) is 12.8 Å². The van der Waals surface area contributed by atoms with Crippen LogP contribution >= 0.6 is 11.6 Å². The zero-order chi connectivity index (χ0) is 13.4. The minimum Gasteiger partial charge on any atom is -0.351 e. The Kier molecular flexibility index (Phi) is 3.02. The molecular weight excluding hydrogens is 266 g/mol. The number of hydrogen-bond donors (Lipinski definition) is 2. The second-order valence-electron chi connectivity index (χ2n) is 4.76. The minimum absolute atomic E-state index is 0.350. The van der Waals surface area contributed by atoms with Crippen LogP contribution in [-0.4, -0.2) is 20.6 Å². The largest absolute Gasteiger partial charge is 0.351 e. The second kappa shape index (κ2) is 4.70. The van der Waals surface area contributed by atoms with Crippen LogP contribution in [0.2, 0.25) is 5.02 Å². The predicted octanol–water partition coefficient (Wildman–Crippen LogP) is 2.53. The Labute approximate surface area is 114 Å². The lowest BCUT2D eigenvalue weighted by atomic mass is 10.0. The van der Waals surface area contributed by atoms with E-state index in [4.69, 9.17) is 17.3 Å². The number of aromatic nitrogens is 3. The van der Waals surface area contributed by atoms with Crippen molar-refractivity contribution in [3.63, 3.8) is 0 Å². The molecule has 2 heterocycles. The average molecular weight is 280 g/mol. The van der Waals surface area contributed by atoms with Gasteiger partial charge in [0, 0.05) is 5.92 Å². The Morgan fingerprint density at radius 1 is 1.42 bits per heavy atom. The number of amides is 2. The number of anilines is 1. The van der Waals surface area contributed by atoms with E-state index in [0.29, 0.717) is 22.3 Å². The van der Waals surface area contributed by atoms with Crippen LogP contribution < -0.4 is 11.1 Å². The standard InChI is InChI=1S/C12H14ClN5O/c13-8-5-16-18-10(7-3-1-2-4-7)9(17-12(14)19)6-15-11(8)18/h5-7H,1-4H2,(H3,14,17,19). The van der Waals surface area contributed by atoms with Gasteiger partial charge in [0.15, 0.2) is 5.65 Å². The van der Waals surface area contributed by atoms with E-state index in [9.17, 15) is 4.79 Å². The Morgan fingerprint density at radius 3 is 2.84 bits per heavy atom. The molecule has 100 valence electrons. The van der Waals surface area contributed by atoms with Gasteiger partial charge in [-0.25, -0.2) is 14.3 Å². The zero-order valence-corrected chi connectivity index (χ0v) is 11.0. The first kappa shape index (κ1) is 12.2. The number of primary amides is 1. The van der Waals surface area contributed by atoms with Gasteiger partial charge in [0.25, 0.3) is 0 Å². The first-order valence-corrected chi connectivity index (χ1v) is 6.63. The lowest BCUT2D eigenvalue weighted by molar-refractivity contribution is 0.259. The highest BCUT2D eigenvalue weighted by atomic mass is 35.5. The van der Waals surface area contributed by atoms with E-state index < -0.39 is 6.03 Å². The number of halogens is 1. The summed E-state index contributed by atoms with van der Waals surface area (Å²) in [4.78, 5) is 15.3. The topological polar surface area (TPSA) is 85.3 Å². The van der Waals surface area contributed by atoms with Crippen molar-refractivity contribution in [3.8, 4) is 0 Å². The number of rotatable bonds is 2. The van der Waals surface area contributed by atoms with Crippen LogP contribution in [0.1, 0.15) is 37.3 Å². The number of carbonyl (C=O) groups excluding carboxylic acids is 1. The van der Waals surface area contributed by atoms with Crippen LogP contribution in [-0.2, 0) is 0 Å². The van der Waals surface area contributed by atoms with Crippen LogP contribution in [0.15, 0.2) is 12.4 Å². The molecule has 0 saturated heterocycles. The molecule has 7 heteroatoms. The average Bonchev–Trinajstić information content (AvgIpc) is 2.99. The van der Waals surface area contributed by atoms with E-state index in [1.54, 1.807) is 16.9 Å². The van der Waals surface area contributed by atoms with Gasteiger partial charge in [-0.3, -0.25) is 0 Å². The molecule has 1 saturated carbocycles. The maximum absolute atomic E-state index is 11.1. The molecule has 2 aromatic rings. The fraction of sp³-hybridized carbons (Fsp3) is 0.417. The smallest absolute Gasteiger partial charge is 0.316 e. The van der Waals surface area contributed by atoms with Crippen LogP contribution in [0.25, 0.3) is 5.65 Å². The number of nitrogens with one attached hydrogen (secondary N) is 1. The summed E-state index contributed by atoms with van der Waals surface area (Å²) in [7, 11) is 0. The number of nitrogens with zero attached hydrogens (tertiary/aromatic N) is 3. The van der Waals surface area contributed by atoms with E-state index in [2.05, 4.69) is 15.4 Å². The lowest BCUT2D eigenvalue weighted by Gasteiger charge is -2.16. The van der Waals surface area contributed by atoms with Crippen LogP contribution in [0.3, 0.4) is 0 Å². The molecule has 3 N–H and O–H groups in total. The van der Waals surface area contributed by atoms with E-state index in [0.717, 1.165) is 18.5 Å². The fourth-order valence-corrected chi connectivity index (χ4v) is 2.91. The maximum atomic E-state index is 11.1. The second-order valence-corrected chi connectivity index (χ2v) is 5.16. The molecule has 0 aromatic carbocycles.